The number of rotatable bonds is 2. The second-order valence-electron chi connectivity index (χ2n) is 5.75. The van der Waals surface area contributed by atoms with Crippen molar-refractivity contribution in [2.75, 3.05) is 0 Å². The Morgan fingerprint density at radius 3 is 1.88 bits per heavy atom. The second-order valence-corrected chi connectivity index (χ2v) is 6.99. The molecular weight excluding hydrogens is 311 g/mol. The van der Waals surface area contributed by atoms with E-state index in [9.17, 15) is 4.79 Å². The first kappa shape index (κ1) is 12.1. The Morgan fingerprint density at radius 1 is 1.06 bits per heavy atom. The third kappa shape index (κ3) is 1.62. The van der Waals surface area contributed by atoms with Gasteiger partial charge in [-0.05, 0) is 45.6 Å². The fraction of sp³-hybridized carbons (Fsp3) is 0.500. The van der Waals surface area contributed by atoms with Gasteiger partial charge in [0.15, 0.2) is 5.78 Å². The minimum atomic E-state index is 0.132. The van der Waals surface area contributed by atoms with E-state index in [1.807, 2.05) is 24.3 Å². The summed E-state index contributed by atoms with van der Waals surface area (Å²) in [5.74, 6) is 0.464. The van der Waals surface area contributed by atoms with Crippen molar-refractivity contribution < 1.29 is 4.79 Å². The maximum atomic E-state index is 12.3. The van der Waals surface area contributed by atoms with Gasteiger partial charge in [0.2, 0.25) is 0 Å². The highest BCUT2D eigenvalue weighted by atomic mass is 127. The van der Waals surface area contributed by atoms with Crippen LogP contribution < -0.4 is 0 Å². The molecule has 1 aromatic carbocycles. The van der Waals surface area contributed by atoms with Crippen LogP contribution >= 0.6 is 22.6 Å². The highest BCUT2D eigenvalue weighted by molar-refractivity contribution is 14.1. The summed E-state index contributed by atoms with van der Waals surface area (Å²) in [5.41, 5.74) is 1.12. The van der Waals surface area contributed by atoms with Gasteiger partial charge in [-0.1, -0.05) is 39.8 Å². The molecule has 0 amide bonds. The molecule has 0 atom stereocenters. The molecule has 1 aliphatic carbocycles. The molecular formula is C14H17IO. The summed E-state index contributed by atoms with van der Waals surface area (Å²) < 4.78 is 1.17. The first-order chi connectivity index (χ1) is 7.28. The topological polar surface area (TPSA) is 17.1 Å². The predicted molar refractivity (Wildman–Crippen MR) is 74.5 cm³/mol. The lowest BCUT2D eigenvalue weighted by molar-refractivity contribution is 0.0945. The Kier molecular flexibility index (Phi) is 2.69. The number of carbonyl (C=O) groups is 1. The number of Topliss-reactive ketones (excluding diaryl/α,β-unsaturated/α-hetero) is 1. The molecule has 2 heteroatoms. The molecule has 0 spiro atoms. The lowest BCUT2D eigenvalue weighted by Gasteiger charge is -2.03. The van der Waals surface area contributed by atoms with Gasteiger partial charge in [0.25, 0.3) is 0 Å². The molecule has 0 bridgehead atoms. The van der Waals surface area contributed by atoms with Crippen molar-refractivity contribution in [3.63, 3.8) is 0 Å². The van der Waals surface area contributed by atoms with Gasteiger partial charge in [0.1, 0.15) is 0 Å². The minimum absolute atomic E-state index is 0.132. The zero-order valence-electron chi connectivity index (χ0n) is 10.2. The van der Waals surface area contributed by atoms with Crippen LogP contribution in [0.3, 0.4) is 0 Å². The molecule has 16 heavy (non-hydrogen) atoms. The summed E-state index contributed by atoms with van der Waals surface area (Å²) in [7, 11) is 0. The average molecular weight is 328 g/mol. The van der Waals surface area contributed by atoms with Crippen LogP contribution in [0.5, 0.6) is 0 Å². The maximum Gasteiger partial charge on any atom is 0.167 e. The van der Waals surface area contributed by atoms with Crippen LogP contribution in [0.1, 0.15) is 38.1 Å². The fourth-order valence-corrected chi connectivity index (χ4v) is 2.99. The van der Waals surface area contributed by atoms with Crippen molar-refractivity contribution in [2.24, 2.45) is 16.7 Å². The zero-order chi connectivity index (χ0) is 12.1. The third-order valence-corrected chi connectivity index (χ3v) is 5.13. The molecule has 0 heterocycles. The Bertz CT molecular complexity index is 415. The highest BCUT2D eigenvalue weighted by Gasteiger charge is 2.67. The Hall–Kier alpha value is -0.380. The molecule has 86 valence electrons. The van der Waals surface area contributed by atoms with E-state index >= 15 is 0 Å². The normalized spacial score (nSPS) is 21.8. The van der Waals surface area contributed by atoms with Gasteiger partial charge in [-0.3, -0.25) is 4.79 Å². The van der Waals surface area contributed by atoms with E-state index < -0.39 is 0 Å². The van der Waals surface area contributed by atoms with Crippen molar-refractivity contribution in [2.45, 2.75) is 27.7 Å². The van der Waals surface area contributed by atoms with Crippen LogP contribution in [-0.4, -0.2) is 5.78 Å². The number of halogens is 1. The number of hydrogen-bond acceptors (Lipinski definition) is 1. The molecule has 1 aromatic rings. The smallest absolute Gasteiger partial charge is 0.167 e. The molecule has 0 saturated heterocycles. The Balaban J connectivity index is 2.26. The SMILES string of the molecule is CC1(C)C(C(=O)c2ccc(I)cc2)C1(C)C. The number of carbonyl (C=O) groups excluding carboxylic acids is 1. The van der Waals surface area contributed by atoms with Gasteiger partial charge in [-0.25, -0.2) is 0 Å². The van der Waals surface area contributed by atoms with Gasteiger partial charge in [0.05, 0.1) is 0 Å². The van der Waals surface area contributed by atoms with E-state index in [1.54, 1.807) is 0 Å². The first-order valence-corrected chi connectivity index (χ1v) is 6.66. The molecule has 2 rings (SSSR count). The molecule has 1 saturated carbocycles. The van der Waals surface area contributed by atoms with E-state index in [1.165, 1.54) is 3.57 Å². The monoisotopic (exact) mass is 328 g/mol. The standard InChI is InChI=1S/C14H17IO/c1-13(2)12(14(13,3)4)11(16)9-5-7-10(15)8-6-9/h5-8,12H,1-4H3. The van der Waals surface area contributed by atoms with Crippen LogP contribution in [0.2, 0.25) is 0 Å². The van der Waals surface area contributed by atoms with Crippen LogP contribution in [-0.2, 0) is 0 Å². The molecule has 1 fully saturated rings. The molecule has 0 aliphatic heterocycles. The molecule has 0 unspecified atom stereocenters. The first-order valence-electron chi connectivity index (χ1n) is 5.58. The largest absolute Gasteiger partial charge is 0.294 e. The second kappa shape index (κ2) is 3.56. The summed E-state index contributed by atoms with van der Waals surface area (Å²) in [5, 5.41) is 0. The Labute approximate surface area is 111 Å². The van der Waals surface area contributed by atoms with Crippen LogP contribution in [0.25, 0.3) is 0 Å². The average Bonchev–Trinajstić information content (AvgIpc) is 2.57. The van der Waals surface area contributed by atoms with Crippen molar-refractivity contribution in [3.8, 4) is 0 Å². The summed E-state index contributed by atoms with van der Waals surface area (Å²) in [6.07, 6.45) is 0. The van der Waals surface area contributed by atoms with E-state index in [0.717, 1.165) is 5.56 Å². The van der Waals surface area contributed by atoms with Crippen LogP contribution in [0.15, 0.2) is 24.3 Å². The van der Waals surface area contributed by atoms with E-state index in [0.29, 0.717) is 5.78 Å². The summed E-state index contributed by atoms with van der Waals surface area (Å²) in [6, 6.07) is 7.87. The fourth-order valence-electron chi connectivity index (χ4n) is 2.63. The van der Waals surface area contributed by atoms with E-state index in [4.69, 9.17) is 0 Å². The third-order valence-electron chi connectivity index (χ3n) is 4.41. The number of benzene rings is 1. The maximum absolute atomic E-state index is 12.3. The van der Waals surface area contributed by atoms with E-state index in [-0.39, 0.29) is 16.7 Å². The van der Waals surface area contributed by atoms with Crippen LogP contribution in [0.4, 0.5) is 0 Å². The van der Waals surface area contributed by atoms with Gasteiger partial charge < -0.3 is 0 Å². The van der Waals surface area contributed by atoms with Crippen molar-refractivity contribution in [1.29, 1.82) is 0 Å². The summed E-state index contributed by atoms with van der Waals surface area (Å²) in [4.78, 5) is 12.3. The lowest BCUT2D eigenvalue weighted by atomic mass is 10.0. The highest BCUT2D eigenvalue weighted by Crippen LogP contribution is 2.69. The van der Waals surface area contributed by atoms with Crippen molar-refractivity contribution in [1.82, 2.24) is 0 Å². The van der Waals surface area contributed by atoms with Crippen molar-refractivity contribution in [3.05, 3.63) is 33.4 Å². The van der Waals surface area contributed by atoms with Crippen molar-refractivity contribution >= 4 is 28.4 Å². The quantitative estimate of drug-likeness (QED) is 0.589. The number of ketones is 1. The van der Waals surface area contributed by atoms with E-state index in [2.05, 4.69) is 50.3 Å². The van der Waals surface area contributed by atoms with Gasteiger partial charge in [-0.15, -0.1) is 0 Å². The molecule has 0 aromatic heterocycles. The molecule has 1 aliphatic rings. The molecule has 0 radical (unpaired) electrons. The minimum Gasteiger partial charge on any atom is -0.294 e. The molecule has 1 nitrogen and oxygen atoms in total. The van der Waals surface area contributed by atoms with Gasteiger partial charge in [0, 0.05) is 15.1 Å². The summed E-state index contributed by atoms with van der Waals surface area (Å²) in [6.45, 7) is 8.73. The Morgan fingerprint density at radius 2 is 1.50 bits per heavy atom. The van der Waals surface area contributed by atoms with Gasteiger partial charge >= 0.3 is 0 Å². The summed E-state index contributed by atoms with van der Waals surface area (Å²) >= 11 is 2.26. The predicted octanol–water partition coefficient (Wildman–Crippen LogP) is 4.16. The molecule has 0 N–H and O–H groups in total. The van der Waals surface area contributed by atoms with Gasteiger partial charge in [-0.2, -0.15) is 0 Å². The lowest BCUT2D eigenvalue weighted by Crippen LogP contribution is -2.07. The van der Waals surface area contributed by atoms with Crippen LogP contribution in [0, 0.1) is 20.3 Å². The number of hydrogen-bond donors (Lipinski definition) is 0. The zero-order valence-corrected chi connectivity index (χ0v) is 12.3.